The third kappa shape index (κ3) is 5.58. The first-order valence-corrected chi connectivity index (χ1v) is 5.85. The average Bonchev–Trinajstić information content (AvgIpc) is 2.30. The second-order valence-electron chi connectivity index (χ2n) is 3.90. The van der Waals surface area contributed by atoms with Crippen LogP contribution in [0.1, 0.15) is 19.4 Å². The van der Waals surface area contributed by atoms with Crippen molar-refractivity contribution in [2.75, 3.05) is 20.3 Å². The lowest BCUT2D eigenvalue weighted by Gasteiger charge is -2.12. The zero-order chi connectivity index (χ0) is 12.7. The number of methoxy groups -OCH3 is 1. The molecule has 0 aliphatic rings. The monoisotopic (exact) mass is 275 g/mol. The molecule has 104 valence electrons. The van der Waals surface area contributed by atoms with Crippen LogP contribution in [-0.4, -0.2) is 31.5 Å². The SMILES string of the molecule is CCOc1ccc(CNCC(C)O)cc1OC.Cl. The van der Waals surface area contributed by atoms with Gasteiger partial charge in [0.2, 0.25) is 0 Å². The van der Waals surface area contributed by atoms with E-state index in [0.29, 0.717) is 19.7 Å². The van der Waals surface area contributed by atoms with Gasteiger partial charge in [-0.15, -0.1) is 12.4 Å². The molecule has 1 unspecified atom stereocenters. The molecule has 18 heavy (non-hydrogen) atoms. The summed E-state index contributed by atoms with van der Waals surface area (Å²) in [5, 5.41) is 12.3. The smallest absolute Gasteiger partial charge is 0.161 e. The molecule has 0 aliphatic heterocycles. The van der Waals surface area contributed by atoms with Crippen LogP contribution in [0.15, 0.2) is 18.2 Å². The van der Waals surface area contributed by atoms with Gasteiger partial charge in [0.05, 0.1) is 19.8 Å². The molecule has 1 aromatic carbocycles. The first kappa shape index (κ1) is 17.0. The molecule has 0 saturated heterocycles. The maximum atomic E-state index is 9.14. The molecule has 0 bridgehead atoms. The number of nitrogens with one attached hydrogen (secondary N) is 1. The summed E-state index contributed by atoms with van der Waals surface area (Å²) >= 11 is 0. The van der Waals surface area contributed by atoms with Gasteiger partial charge in [-0.05, 0) is 31.5 Å². The normalized spacial score (nSPS) is 11.6. The molecule has 0 radical (unpaired) electrons. The van der Waals surface area contributed by atoms with Gasteiger partial charge in [-0.2, -0.15) is 0 Å². The molecule has 0 fully saturated rings. The Balaban J connectivity index is 0.00000289. The van der Waals surface area contributed by atoms with Gasteiger partial charge in [0, 0.05) is 13.1 Å². The predicted octanol–water partition coefficient (Wildman–Crippen LogP) is 1.99. The van der Waals surface area contributed by atoms with E-state index >= 15 is 0 Å². The van der Waals surface area contributed by atoms with Crippen LogP contribution in [0.3, 0.4) is 0 Å². The van der Waals surface area contributed by atoms with Gasteiger partial charge in [-0.1, -0.05) is 6.07 Å². The van der Waals surface area contributed by atoms with Crippen LogP contribution in [-0.2, 0) is 6.54 Å². The Bertz CT molecular complexity index is 345. The number of hydrogen-bond donors (Lipinski definition) is 2. The number of rotatable bonds is 7. The van der Waals surface area contributed by atoms with Crippen molar-refractivity contribution in [2.24, 2.45) is 0 Å². The molecule has 2 N–H and O–H groups in total. The van der Waals surface area contributed by atoms with Crippen LogP contribution < -0.4 is 14.8 Å². The first-order valence-electron chi connectivity index (χ1n) is 5.85. The standard InChI is InChI=1S/C13H21NO3.ClH/c1-4-17-12-6-5-11(7-13(12)16-3)9-14-8-10(2)15;/h5-7,10,14-15H,4,8-9H2,1-3H3;1H. The molecule has 0 spiro atoms. The van der Waals surface area contributed by atoms with E-state index in [1.807, 2.05) is 25.1 Å². The highest BCUT2D eigenvalue weighted by Crippen LogP contribution is 2.27. The Morgan fingerprint density at radius 3 is 2.61 bits per heavy atom. The minimum Gasteiger partial charge on any atom is -0.493 e. The van der Waals surface area contributed by atoms with Gasteiger partial charge in [0.15, 0.2) is 11.5 Å². The fourth-order valence-electron chi connectivity index (χ4n) is 1.52. The average molecular weight is 276 g/mol. The third-order valence-corrected chi connectivity index (χ3v) is 2.30. The molecular formula is C13H22ClNO3. The number of aliphatic hydroxyl groups is 1. The summed E-state index contributed by atoms with van der Waals surface area (Å²) in [6, 6.07) is 5.84. The third-order valence-electron chi connectivity index (χ3n) is 2.30. The quantitative estimate of drug-likeness (QED) is 0.799. The van der Waals surface area contributed by atoms with Crippen molar-refractivity contribution in [3.05, 3.63) is 23.8 Å². The molecule has 0 saturated carbocycles. The summed E-state index contributed by atoms with van der Waals surface area (Å²) in [5.74, 6) is 1.50. The molecule has 0 aliphatic carbocycles. The molecule has 1 aromatic rings. The van der Waals surface area contributed by atoms with E-state index in [2.05, 4.69) is 5.32 Å². The molecule has 1 atom stereocenters. The van der Waals surface area contributed by atoms with Crippen molar-refractivity contribution in [3.8, 4) is 11.5 Å². The fourth-order valence-corrected chi connectivity index (χ4v) is 1.52. The van der Waals surface area contributed by atoms with Crippen molar-refractivity contribution >= 4 is 12.4 Å². The van der Waals surface area contributed by atoms with Gasteiger partial charge in [-0.25, -0.2) is 0 Å². The van der Waals surface area contributed by atoms with Gasteiger partial charge >= 0.3 is 0 Å². The van der Waals surface area contributed by atoms with E-state index < -0.39 is 0 Å². The Labute approximate surface area is 115 Å². The van der Waals surface area contributed by atoms with Crippen molar-refractivity contribution in [2.45, 2.75) is 26.5 Å². The predicted molar refractivity (Wildman–Crippen MR) is 74.8 cm³/mol. The number of benzene rings is 1. The molecular weight excluding hydrogens is 254 g/mol. The molecule has 0 heterocycles. The number of ether oxygens (including phenoxy) is 2. The fraction of sp³-hybridized carbons (Fsp3) is 0.538. The van der Waals surface area contributed by atoms with Crippen molar-refractivity contribution < 1.29 is 14.6 Å². The van der Waals surface area contributed by atoms with Gasteiger partial charge in [-0.3, -0.25) is 0 Å². The maximum absolute atomic E-state index is 9.14. The zero-order valence-corrected chi connectivity index (χ0v) is 11.9. The highest BCUT2D eigenvalue weighted by molar-refractivity contribution is 5.85. The number of aliphatic hydroxyl groups excluding tert-OH is 1. The largest absolute Gasteiger partial charge is 0.493 e. The molecule has 0 aromatic heterocycles. The summed E-state index contributed by atoms with van der Waals surface area (Å²) in [7, 11) is 1.63. The highest BCUT2D eigenvalue weighted by Gasteiger charge is 2.05. The highest BCUT2D eigenvalue weighted by atomic mass is 35.5. The van der Waals surface area contributed by atoms with Gasteiger partial charge < -0.3 is 19.9 Å². The van der Waals surface area contributed by atoms with Crippen LogP contribution in [0.4, 0.5) is 0 Å². The summed E-state index contributed by atoms with van der Waals surface area (Å²) in [6.07, 6.45) is -0.334. The lowest BCUT2D eigenvalue weighted by Crippen LogP contribution is -2.23. The molecule has 1 rings (SSSR count). The summed E-state index contributed by atoms with van der Waals surface area (Å²) in [6.45, 7) is 5.60. The van der Waals surface area contributed by atoms with Crippen molar-refractivity contribution in [1.29, 1.82) is 0 Å². The Morgan fingerprint density at radius 1 is 1.33 bits per heavy atom. The van der Waals surface area contributed by atoms with E-state index in [-0.39, 0.29) is 18.5 Å². The maximum Gasteiger partial charge on any atom is 0.161 e. The summed E-state index contributed by atoms with van der Waals surface area (Å²) < 4.78 is 10.7. The second kappa shape index (κ2) is 9.03. The second-order valence-corrected chi connectivity index (χ2v) is 3.90. The Kier molecular flexibility index (Phi) is 8.54. The minimum atomic E-state index is -0.334. The zero-order valence-electron chi connectivity index (χ0n) is 11.1. The van der Waals surface area contributed by atoms with E-state index in [1.54, 1.807) is 14.0 Å². The van der Waals surface area contributed by atoms with Crippen LogP contribution >= 0.6 is 12.4 Å². The van der Waals surface area contributed by atoms with Gasteiger partial charge in [0.25, 0.3) is 0 Å². The summed E-state index contributed by atoms with van der Waals surface area (Å²) in [4.78, 5) is 0. The van der Waals surface area contributed by atoms with Crippen LogP contribution in [0, 0.1) is 0 Å². The van der Waals surface area contributed by atoms with Crippen LogP contribution in [0.25, 0.3) is 0 Å². The summed E-state index contributed by atoms with van der Waals surface area (Å²) in [5.41, 5.74) is 1.10. The Hall–Kier alpha value is -0.970. The van der Waals surface area contributed by atoms with E-state index in [4.69, 9.17) is 14.6 Å². The lowest BCUT2D eigenvalue weighted by atomic mass is 10.2. The number of hydrogen-bond acceptors (Lipinski definition) is 4. The first-order chi connectivity index (χ1) is 8.17. The van der Waals surface area contributed by atoms with Crippen molar-refractivity contribution in [1.82, 2.24) is 5.32 Å². The van der Waals surface area contributed by atoms with Gasteiger partial charge in [0.1, 0.15) is 0 Å². The van der Waals surface area contributed by atoms with E-state index in [0.717, 1.165) is 17.1 Å². The van der Waals surface area contributed by atoms with E-state index in [1.165, 1.54) is 0 Å². The molecule has 5 heteroatoms. The van der Waals surface area contributed by atoms with Crippen LogP contribution in [0.2, 0.25) is 0 Å². The van der Waals surface area contributed by atoms with Crippen molar-refractivity contribution in [3.63, 3.8) is 0 Å². The topological polar surface area (TPSA) is 50.7 Å². The van der Waals surface area contributed by atoms with E-state index in [9.17, 15) is 0 Å². The van der Waals surface area contributed by atoms with Crippen LogP contribution in [0.5, 0.6) is 11.5 Å². The number of halogens is 1. The lowest BCUT2D eigenvalue weighted by molar-refractivity contribution is 0.191. The Morgan fingerprint density at radius 2 is 2.06 bits per heavy atom. The molecule has 4 nitrogen and oxygen atoms in total. The minimum absolute atomic E-state index is 0. The molecule has 0 amide bonds.